The van der Waals surface area contributed by atoms with Crippen LogP contribution >= 0.6 is 12.2 Å². The molecule has 0 fully saturated rings. The van der Waals surface area contributed by atoms with Crippen LogP contribution in [-0.2, 0) is 10.0 Å². The minimum Gasteiger partial charge on any atom is -0.392 e. The highest BCUT2D eigenvalue weighted by Crippen LogP contribution is 2.16. The zero-order valence-electron chi connectivity index (χ0n) is 9.40. The molecule has 0 bridgehead atoms. The Bertz CT molecular complexity index is 543. The van der Waals surface area contributed by atoms with E-state index in [-0.39, 0.29) is 9.88 Å². The predicted octanol–water partition coefficient (Wildman–Crippen LogP) is 1.09. The molecular formula is C10H13FN2O2S2. The summed E-state index contributed by atoms with van der Waals surface area (Å²) in [5.41, 5.74) is 5.77. The van der Waals surface area contributed by atoms with E-state index in [0.29, 0.717) is 5.56 Å². The minimum absolute atomic E-state index is 0.0302. The van der Waals surface area contributed by atoms with E-state index in [4.69, 9.17) is 5.73 Å². The zero-order valence-corrected chi connectivity index (χ0v) is 11.0. The lowest BCUT2D eigenvalue weighted by atomic mass is 10.2. The second-order valence-corrected chi connectivity index (χ2v) is 5.81. The summed E-state index contributed by atoms with van der Waals surface area (Å²) < 4.78 is 39.2. The van der Waals surface area contributed by atoms with Crippen molar-refractivity contribution < 1.29 is 12.8 Å². The van der Waals surface area contributed by atoms with Crippen molar-refractivity contribution in [2.45, 2.75) is 24.8 Å². The van der Waals surface area contributed by atoms with Gasteiger partial charge in [-0.25, -0.2) is 17.5 Å². The van der Waals surface area contributed by atoms with Crippen LogP contribution in [0.1, 0.15) is 12.5 Å². The van der Waals surface area contributed by atoms with E-state index in [1.165, 1.54) is 19.1 Å². The second kappa shape index (κ2) is 5.07. The Morgan fingerprint density at radius 3 is 2.65 bits per heavy atom. The molecule has 0 aliphatic rings. The molecule has 94 valence electrons. The standard InChI is InChI=1S/C10H13FN2O2S2/c1-6-3-4-8(11)5-9(6)17(14,15)13-7(2)10(12)16/h3-5,7,13H,1-2H3,(H2,12,16). The lowest BCUT2D eigenvalue weighted by Crippen LogP contribution is -2.41. The largest absolute Gasteiger partial charge is 0.392 e. The molecule has 1 aromatic carbocycles. The van der Waals surface area contributed by atoms with Crippen molar-refractivity contribution in [3.8, 4) is 0 Å². The van der Waals surface area contributed by atoms with Gasteiger partial charge in [-0.3, -0.25) is 0 Å². The number of halogens is 1. The third-order valence-electron chi connectivity index (χ3n) is 2.20. The highest BCUT2D eigenvalue weighted by Gasteiger charge is 2.21. The minimum atomic E-state index is -3.82. The summed E-state index contributed by atoms with van der Waals surface area (Å²) in [5, 5.41) is 0. The molecule has 0 saturated heterocycles. The van der Waals surface area contributed by atoms with Crippen molar-refractivity contribution in [3.05, 3.63) is 29.6 Å². The normalized spacial score (nSPS) is 13.4. The van der Waals surface area contributed by atoms with E-state index in [9.17, 15) is 12.8 Å². The molecule has 0 aliphatic heterocycles. The van der Waals surface area contributed by atoms with E-state index < -0.39 is 21.9 Å². The molecule has 0 aliphatic carbocycles. The first-order valence-electron chi connectivity index (χ1n) is 4.82. The van der Waals surface area contributed by atoms with Gasteiger partial charge in [0.1, 0.15) is 5.82 Å². The summed E-state index contributed by atoms with van der Waals surface area (Å²) in [6, 6.07) is 2.88. The predicted molar refractivity (Wildman–Crippen MR) is 67.7 cm³/mol. The number of rotatable bonds is 4. The van der Waals surface area contributed by atoms with Crippen LogP contribution in [0.4, 0.5) is 4.39 Å². The topological polar surface area (TPSA) is 72.2 Å². The van der Waals surface area contributed by atoms with Gasteiger partial charge in [0.25, 0.3) is 0 Å². The Balaban J connectivity index is 3.13. The molecule has 4 nitrogen and oxygen atoms in total. The molecule has 1 aromatic rings. The van der Waals surface area contributed by atoms with Gasteiger partial charge in [0, 0.05) is 0 Å². The van der Waals surface area contributed by atoms with E-state index in [2.05, 4.69) is 16.9 Å². The van der Waals surface area contributed by atoms with E-state index in [1.54, 1.807) is 6.92 Å². The Hall–Kier alpha value is -1.05. The lowest BCUT2D eigenvalue weighted by molar-refractivity contribution is 0.574. The highest BCUT2D eigenvalue weighted by atomic mass is 32.2. The van der Waals surface area contributed by atoms with Gasteiger partial charge < -0.3 is 5.73 Å². The van der Waals surface area contributed by atoms with Crippen molar-refractivity contribution in [1.29, 1.82) is 0 Å². The molecule has 7 heteroatoms. The summed E-state index contributed by atoms with van der Waals surface area (Å²) in [7, 11) is -3.82. The van der Waals surface area contributed by atoms with Gasteiger partial charge in [0.2, 0.25) is 10.0 Å². The van der Waals surface area contributed by atoms with Gasteiger partial charge in [-0.1, -0.05) is 18.3 Å². The molecule has 0 amide bonds. The maximum absolute atomic E-state index is 13.0. The maximum atomic E-state index is 13.0. The number of aryl methyl sites for hydroxylation is 1. The molecule has 0 saturated carbocycles. The van der Waals surface area contributed by atoms with Gasteiger partial charge in [-0.15, -0.1) is 0 Å². The number of nitrogens with two attached hydrogens (primary N) is 1. The monoisotopic (exact) mass is 276 g/mol. The molecule has 17 heavy (non-hydrogen) atoms. The second-order valence-electron chi connectivity index (χ2n) is 3.66. The molecule has 1 atom stereocenters. The molecule has 1 rings (SSSR count). The van der Waals surface area contributed by atoms with Crippen LogP contribution in [-0.4, -0.2) is 19.4 Å². The van der Waals surface area contributed by atoms with E-state index in [1.807, 2.05) is 0 Å². The first-order valence-corrected chi connectivity index (χ1v) is 6.71. The fraction of sp³-hybridized carbons (Fsp3) is 0.300. The van der Waals surface area contributed by atoms with Crippen LogP contribution in [0, 0.1) is 12.7 Å². The van der Waals surface area contributed by atoms with Crippen molar-refractivity contribution in [2.75, 3.05) is 0 Å². The molecule has 0 spiro atoms. The molecule has 0 aromatic heterocycles. The third-order valence-corrected chi connectivity index (χ3v) is 4.23. The fourth-order valence-corrected chi connectivity index (χ4v) is 2.83. The van der Waals surface area contributed by atoms with Crippen LogP contribution in [0.3, 0.4) is 0 Å². The first-order chi connectivity index (χ1) is 7.74. The van der Waals surface area contributed by atoms with Gasteiger partial charge in [0.05, 0.1) is 15.9 Å². The summed E-state index contributed by atoms with van der Waals surface area (Å²) in [5.74, 6) is -0.612. The van der Waals surface area contributed by atoms with E-state index in [0.717, 1.165) is 6.07 Å². The van der Waals surface area contributed by atoms with Crippen LogP contribution in [0.15, 0.2) is 23.1 Å². The molecule has 0 heterocycles. The summed E-state index contributed by atoms with van der Waals surface area (Å²) in [6.07, 6.45) is 0. The Kier molecular flexibility index (Phi) is 4.18. The van der Waals surface area contributed by atoms with Gasteiger partial charge in [-0.2, -0.15) is 0 Å². The van der Waals surface area contributed by atoms with Crippen LogP contribution < -0.4 is 10.5 Å². The Morgan fingerprint density at radius 2 is 2.12 bits per heavy atom. The zero-order chi connectivity index (χ0) is 13.2. The third kappa shape index (κ3) is 3.45. The van der Waals surface area contributed by atoms with Gasteiger partial charge in [0.15, 0.2) is 0 Å². The quantitative estimate of drug-likeness (QED) is 0.807. The maximum Gasteiger partial charge on any atom is 0.241 e. The number of sulfonamides is 1. The highest BCUT2D eigenvalue weighted by molar-refractivity contribution is 7.89. The average molecular weight is 276 g/mol. The van der Waals surface area contributed by atoms with Crippen molar-refractivity contribution in [1.82, 2.24) is 4.72 Å². The van der Waals surface area contributed by atoms with Crippen molar-refractivity contribution in [2.24, 2.45) is 5.73 Å². The molecule has 3 N–H and O–H groups in total. The number of hydrogen-bond acceptors (Lipinski definition) is 3. The summed E-state index contributed by atoms with van der Waals surface area (Å²) >= 11 is 4.67. The summed E-state index contributed by atoms with van der Waals surface area (Å²) in [4.78, 5) is -0.0803. The van der Waals surface area contributed by atoms with Gasteiger partial charge >= 0.3 is 0 Å². The smallest absolute Gasteiger partial charge is 0.241 e. The number of thiocarbonyl (C=S) groups is 1. The van der Waals surface area contributed by atoms with Gasteiger partial charge in [-0.05, 0) is 31.5 Å². The van der Waals surface area contributed by atoms with E-state index >= 15 is 0 Å². The number of hydrogen-bond donors (Lipinski definition) is 2. The first kappa shape index (κ1) is 14.0. The lowest BCUT2D eigenvalue weighted by Gasteiger charge is -2.14. The molecular weight excluding hydrogens is 263 g/mol. The molecule has 0 radical (unpaired) electrons. The average Bonchev–Trinajstić information content (AvgIpc) is 2.20. The van der Waals surface area contributed by atoms with Crippen LogP contribution in [0.2, 0.25) is 0 Å². The summed E-state index contributed by atoms with van der Waals surface area (Å²) in [6.45, 7) is 3.11. The Labute approximate surface area is 105 Å². The molecule has 1 unspecified atom stereocenters. The SMILES string of the molecule is Cc1ccc(F)cc1S(=O)(=O)NC(C)C(N)=S. The number of benzene rings is 1. The Morgan fingerprint density at radius 1 is 1.53 bits per heavy atom. The van der Waals surface area contributed by atoms with Crippen LogP contribution in [0.5, 0.6) is 0 Å². The number of nitrogens with one attached hydrogen (secondary N) is 1. The van der Waals surface area contributed by atoms with Crippen LogP contribution in [0.25, 0.3) is 0 Å². The van der Waals surface area contributed by atoms with Crippen molar-refractivity contribution in [3.63, 3.8) is 0 Å². The fourth-order valence-electron chi connectivity index (χ4n) is 1.22. The van der Waals surface area contributed by atoms with Crippen molar-refractivity contribution >= 4 is 27.2 Å².